The lowest BCUT2D eigenvalue weighted by Crippen LogP contribution is -2.53. The summed E-state index contributed by atoms with van der Waals surface area (Å²) in [5, 5.41) is -0.955. The first-order valence-corrected chi connectivity index (χ1v) is 13.1. The average molecular weight is 431 g/mol. The summed E-state index contributed by atoms with van der Waals surface area (Å²) in [5.74, 6) is 0. The van der Waals surface area contributed by atoms with Crippen molar-refractivity contribution in [2.24, 2.45) is 0 Å². The molecule has 1 fully saturated rings. The molecule has 0 amide bonds. The maximum absolute atomic E-state index is 12.4. The van der Waals surface area contributed by atoms with Gasteiger partial charge in [0.25, 0.3) is 0 Å². The highest BCUT2D eigenvalue weighted by molar-refractivity contribution is 7.82. The Hall–Kier alpha value is 0.600. The van der Waals surface area contributed by atoms with Crippen molar-refractivity contribution in [2.45, 2.75) is 43.0 Å². The second-order valence-corrected chi connectivity index (χ2v) is 14.8. The van der Waals surface area contributed by atoms with Crippen LogP contribution in [0.3, 0.4) is 0 Å². The Balaban J connectivity index is 3.63. The lowest BCUT2D eigenvalue weighted by atomic mass is 10.3. The van der Waals surface area contributed by atoms with E-state index in [1.807, 2.05) is 0 Å². The summed E-state index contributed by atoms with van der Waals surface area (Å²) in [7, 11) is -21.9. The van der Waals surface area contributed by atoms with Crippen molar-refractivity contribution in [2.75, 3.05) is 6.54 Å². The number of rotatable bonds is 6. The summed E-state index contributed by atoms with van der Waals surface area (Å²) < 4.78 is 52.3. The lowest BCUT2D eigenvalue weighted by molar-refractivity contribution is 0.228. The van der Waals surface area contributed by atoms with Crippen molar-refractivity contribution >= 4 is 30.4 Å². The van der Waals surface area contributed by atoms with Crippen molar-refractivity contribution < 1.29 is 51.9 Å². The third-order valence-corrected chi connectivity index (χ3v) is 14.1. The molecule has 0 spiro atoms. The van der Waals surface area contributed by atoms with Crippen LogP contribution in [0.15, 0.2) is 0 Å². The molecule has 0 aromatic carbocycles. The Morgan fingerprint density at radius 2 is 1.58 bits per heavy atom. The molecule has 0 aromatic rings. The minimum atomic E-state index is -5.56. The van der Waals surface area contributed by atoms with Gasteiger partial charge < -0.3 is 29.4 Å². The predicted molar refractivity (Wildman–Crippen MR) is 83.5 cm³/mol. The van der Waals surface area contributed by atoms with Crippen molar-refractivity contribution in [3.63, 3.8) is 0 Å². The quantitative estimate of drug-likeness (QED) is 0.231. The summed E-state index contributed by atoms with van der Waals surface area (Å²) in [6, 6.07) is 0. The van der Waals surface area contributed by atoms with E-state index < -0.39 is 46.7 Å². The lowest BCUT2D eigenvalue weighted by Gasteiger charge is -2.48. The van der Waals surface area contributed by atoms with Gasteiger partial charge in [-0.05, 0) is 19.9 Å². The van der Waals surface area contributed by atoms with E-state index >= 15 is 0 Å². The highest BCUT2D eigenvalue weighted by atomic mass is 31.3. The van der Waals surface area contributed by atoms with Crippen LogP contribution >= 0.6 is 30.4 Å². The van der Waals surface area contributed by atoms with E-state index in [4.69, 9.17) is 0 Å². The molecule has 0 aromatic heterocycles. The fourth-order valence-electron chi connectivity index (χ4n) is 2.24. The van der Waals surface area contributed by atoms with E-state index in [1.54, 1.807) is 6.92 Å². The van der Waals surface area contributed by atoms with Gasteiger partial charge in [0.15, 0.2) is 4.90 Å². The Labute approximate surface area is 138 Å². The minimum Gasteiger partial charge on any atom is -0.324 e. The number of nitrogens with one attached hydrogen (secondary N) is 1. The third kappa shape index (κ3) is 3.54. The van der Waals surface area contributed by atoms with Gasteiger partial charge in [0.2, 0.25) is 5.02 Å². The van der Waals surface area contributed by atoms with Crippen LogP contribution in [-0.2, 0) is 22.6 Å². The van der Waals surface area contributed by atoms with Gasteiger partial charge >= 0.3 is 30.4 Å². The minimum absolute atomic E-state index is 0.192. The first kappa shape index (κ1) is 22.6. The van der Waals surface area contributed by atoms with E-state index in [0.29, 0.717) is 19.8 Å². The molecular weight excluding hydrogens is 410 g/mol. The second kappa shape index (κ2) is 6.64. The van der Waals surface area contributed by atoms with E-state index in [-0.39, 0.29) is 6.54 Å². The Kier molecular flexibility index (Phi) is 6.27. The van der Waals surface area contributed by atoms with E-state index in [2.05, 4.69) is 9.63 Å². The summed E-state index contributed by atoms with van der Waals surface area (Å²) in [5.41, 5.74) is 0. The van der Waals surface area contributed by atoms with Crippen LogP contribution < -0.4 is 5.32 Å². The molecular formula is C8H21NO11P4. The molecule has 0 radical (unpaired) electrons. The van der Waals surface area contributed by atoms with E-state index in [0.717, 1.165) is 0 Å². The Morgan fingerprint density at radius 3 is 1.96 bits per heavy atom. The maximum Gasteiger partial charge on any atom is 0.367 e. The molecule has 1 aliphatic rings. The predicted octanol–water partition coefficient (Wildman–Crippen LogP) is 0.893. The van der Waals surface area contributed by atoms with Gasteiger partial charge in [0.05, 0.1) is 0 Å². The molecule has 16 heteroatoms. The Bertz CT molecular complexity index is 684. The molecule has 4 atom stereocenters. The molecule has 7 N–H and O–H groups in total. The van der Waals surface area contributed by atoms with Crippen LogP contribution in [0.1, 0.15) is 33.1 Å². The molecule has 4 unspecified atom stereocenters. The molecule has 1 heterocycles. The van der Waals surface area contributed by atoms with Crippen LogP contribution in [0, 0.1) is 0 Å². The molecule has 144 valence electrons. The second-order valence-electron chi connectivity index (χ2n) is 5.70. The number of unbranched alkanes of at least 4 members (excludes halogenated alkanes) is 1. The fraction of sp³-hybridized carbons (Fsp3) is 1.00. The average Bonchev–Trinajstić information content (AvgIpc) is 2.31. The van der Waals surface area contributed by atoms with E-state index in [9.17, 15) is 47.6 Å². The molecule has 1 aliphatic heterocycles. The number of hydrogen-bond donors (Lipinski definition) is 7. The van der Waals surface area contributed by atoms with Gasteiger partial charge in [-0.2, -0.15) is 0 Å². The van der Waals surface area contributed by atoms with Gasteiger partial charge in [0, 0.05) is 6.42 Å². The van der Waals surface area contributed by atoms with Crippen LogP contribution in [0.2, 0.25) is 0 Å². The van der Waals surface area contributed by atoms with Crippen molar-refractivity contribution in [3.8, 4) is 0 Å². The summed E-state index contributed by atoms with van der Waals surface area (Å²) in [4.78, 5) is 54.8. The first-order valence-electron chi connectivity index (χ1n) is 6.71. The largest absolute Gasteiger partial charge is 0.367 e. The SMILES string of the molecule is CCCCNC1(P(=O)(O)O)CC(C)(P(=O)(O)O)P(=O)(O)OP1(=O)O. The topological polar surface area (TPSA) is 211 Å². The molecule has 24 heavy (non-hydrogen) atoms. The fourth-order valence-corrected chi connectivity index (χ4v) is 11.0. The molecule has 1 saturated heterocycles. The smallest absolute Gasteiger partial charge is 0.324 e. The molecule has 0 aliphatic carbocycles. The van der Waals surface area contributed by atoms with Gasteiger partial charge in [-0.15, -0.1) is 0 Å². The monoisotopic (exact) mass is 431 g/mol. The van der Waals surface area contributed by atoms with Crippen LogP contribution in [0.25, 0.3) is 0 Å². The van der Waals surface area contributed by atoms with Gasteiger partial charge in [-0.25, -0.2) is 4.31 Å². The van der Waals surface area contributed by atoms with Crippen LogP contribution in [0.4, 0.5) is 0 Å². The standard InChI is InChI=1S/C8H21NO11P4/c1-3-4-5-9-8(22(13,14)15)6-7(2,21(10,11)12)23(16,17)20-24(8,18)19/h9H,3-6H2,1-2H3,(H,16,17)(H,18,19)(H2,10,11,12)(H2,13,14,15). The highest BCUT2D eigenvalue weighted by Gasteiger charge is 2.76. The van der Waals surface area contributed by atoms with Gasteiger partial charge in [0.1, 0.15) is 0 Å². The maximum atomic E-state index is 12.4. The summed E-state index contributed by atoms with van der Waals surface area (Å²) in [6.07, 6.45) is -0.583. The van der Waals surface area contributed by atoms with Gasteiger partial charge in [-0.1, -0.05) is 13.3 Å². The third-order valence-electron chi connectivity index (χ3n) is 3.93. The van der Waals surface area contributed by atoms with Crippen molar-refractivity contribution in [1.29, 1.82) is 0 Å². The number of hydrogen-bond acceptors (Lipinski definition) is 6. The van der Waals surface area contributed by atoms with Crippen LogP contribution in [-0.4, -0.2) is 45.8 Å². The normalized spacial score (nSPS) is 41.3. The van der Waals surface area contributed by atoms with E-state index in [1.165, 1.54) is 0 Å². The zero-order valence-corrected chi connectivity index (χ0v) is 16.4. The first-order chi connectivity index (χ1) is 10.5. The zero-order valence-electron chi connectivity index (χ0n) is 12.8. The molecule has 0 saturated carbocycles. The summed E-state index contributed by atoms with van der Waals surface area (Å²) >= 11 is 0. The van der Waals surface area contributed by atoms with Gasteiger partial charge in [-0.3, -0.25) is 23.6 Å². The molecule has 1 rings (SSSR count). The Morgan fingerprint density at radius 1 is 1.08 bits per heavy atom. The summed E-state index contributed by atoms with van der Waals surface area (Å²) in [6.45, 7) is 2.12. The highest BCUT2D eigenvalue weighted by Crippen LogP contribution is 2.88. The zero-order chi connectivity index (χ0) is 19.2. The molecule has 12 nitrogen and oxygen atoms in total. The molecule has 0 bridgehead atoms. The van der Waals surface area contributed by atoms with Crippen LogP contribution in [0.5, 0.6) is 0 Å². The van der Waals surface area contributed by atoms with Crippen molar-refractivity contribution in [1.82, 2.24) is 5.32 Å². The van der Waals surface area contributed by atoms with Crippen molar-refractivity contribution in [3.05, 3.63) is 0 Å².